The Morgan fingerprint density at radius 2 is 2.16 bits per heavy atom. The second-order valence-corrected chi connectivity index (χ2v) is 4.73. The molecule has 0 aliphatic rings. The molecule has 0 atom stereocenters. The Labute approximate surface area is 112 Å². The Balaban J connectivity index is 2.86. The lowest BCUT2D eigenvalue weighted by atomic mass is 10.0. The van der Waals surface area contributed by atoms with E-state index in [0.29, 0.717) is 0 Å². The van der Waals surface area contributed by atoms with Crippen LogP contribution in [0.15, 0.2) is 22.8 Å². The van der Waals surface area contributed by atoms with Gasteiger partial charge in [-0.05, 0) is 26.0 Å². The topological polar surface area (TPSA) is 80.0 Å². The summed E-state index contributed by atoms with van der Waals surface area (Å²) in [6.07, 6.45) is 1.46. The van der Waals surface area contributed by atoms with Crippen molar-refractivity contribution < 1.29 is 23.8 Å². The van der Waals surface area contributed by atoms with Crippen molar-refractivity contribution >= 4 is 11.9 Å². The van der Waals surface area contributed by atoms with E-state index in [2.05, 4.69) is 4.74 Å². The molecule has 19 heavy (non-hydrogen) atoms. The highest BCUT2D eigenvalue weighted by molar-refractivity contribution is 5.92. The Bertz CT molecular complexity index is 424. The maximum absolute atomic E-state index is 12.3. The predicted octanol–water partition coefficient (Wildman–Crippen LogP) is 1.06. The van der Waals surface area contributed by atoms with Crippen molar-refractivity contribution in [2.24, 2.45) is 0 Å². The van der Waals surface area contributed by atoms with Gasteiger partial charge in [0.25, 0.3) is 5.91 Å². The summed E-state index contributed by atoms with van der Waals surface area (Å²) in [6.45, 7) is 3.36. The fourth-order valence-electron chi connectivity index (χ4n) is 1.60. The normalized spacial score (nSPS) is 11.2. The van der Waals surface area contributed by atoms with Crippen LogP contribution in [0, 0.1) is 0 Å². The average Bonchev–Trinajstić information content (AvgIpc) is 2.92. The standard InChI is InChI=1S/C13H19NO5/c1-13(2,9-15)14(7-6-11(16)18-3)12(17)10-5-4-8-19-10/h4-5,8,15H,6-7,9H2,1-3H3. The molecular weight excluding hydrogens is 250 g/mol. The molecule has 106 valence electrons. The highest BCUT2D eigenvalue weighted by Crippen LogP contribution is 2.18. The fraction of sp³-hybridized carbons (Fsp3) is 0.538. The summed E-state index contributed by atoms with van der Waals surface area (Å²) in [5, 5.41) is 9.39. The first-order valence-corrected chi connectivity index (χ1v) is 5.95. The quantitative estimate of drug-likeness (QED) is 0.781. The van der Waals surface area contributed by atoms with Gasteiger partial charge in [0, 0.05) is 6.54 Å². The molecule has 0 aliphatic heterocycles. The minimum Gasteiger partial charge on any atom is -0.469 e. The third-order valence-corrected chi connectivity index (χ3v) is 2.86. The number of amides is 1. The number of esters is 1. The van der Waals surface area contributed by atoms with Crippen molar-refractivity contribution in [2.75, 3.05) is 20.3 Å². The van der Waals surface area contributed by atoms with Crippen LogP contribution in [0.1, 0.15) is 30.8 Å². The van der Waals surface area contributed by atoms with Gasteiger partial charge in [0.05, 0.1) is 31.9 Å². The largest absolute Gasteiger partial charge is 0.469 e. The van der Waals surface area contributed by atoms with E-state index in [4.69, 9.17) is 4.42 Å². The van der Waals surface area contributed by atoms with Crippen molar-refractivity contribution in [1.82, 2.24) is 4.90 Å². The van der Waals surface area contributed by atoms with Crippen LogP contribution < -0.4 is 0 Å². The zero-order valence-corrected chi connectivity index (χ0v) is 11.4. The van der Waals surface area contributed by atoms with Gasteiger partial charge in [0.2, 0.25) is 0 Å². The lowest BCUT2D eigenvalue weighted by molar-refractivity contribution is -0.141. The summed E-state index contributed by atoms with van der Waals surface area (Å²) in [4.78, 5) is 24.9. The van der Waals surface area contributed by atoms with Crippen molar-refractivity contribution in [2.45, 2.75) is 25.8 Å². The van der Waals surface area contributed by atoms with Crippen molar-refractivity contribution in [3.05, 3.63) is 24.2 Å². The van der Waals surface area contributed by atoms with Gasteiger partial charge in [-0.15, -0.1) is 0 Å². The molecule has 6 nitrogen and oxygen atoms in total. The second kappa shape index (κ2) is 6.38. The van der Waals surface area contributed by atoms with E-state index in [0.717, 1.165) is 0 Å². The smallest absolute Gasteiger partial charge is 0.307 e. The van der Waals surface area contributed by atoms with Crippen LogP contribution in [0.5, 0.6) is 0 Å². The lowest BCUT2D eigenvalue weighted by Crippen LogP contribution is -2.51. The Kier molecular flexibility index (Phi) is 5.11. The van der Waals surface area contributed by atoms with Gasteiger partial charge in [0.1, 0.15) is 0 Å². The van der Waals surface area contributed by atoms with E-state index >= 15 is 0 Å². The van der Waals surface area contributed by atoms with Crippen LogP contribution in [0.3, 0.4) is 0 Å². The molecule has 0 saturated heterocycles. The number of carbonyl (C=O) groups excluding carboxylic acids is 2. The zero-order chi connectivity index (χ0) is 14.5. The molecule has 0 saturated carbocycles. The summed E-state index contributed by atoms with van der Waals surface area (Å²) in [6, 6.07) is 3.15. The highest BCUT2D eigenvalue weighted by Gasteiger charge is 2.32. The third kappa shape index (κ3) is 3.82. The molecule has 1 heterocycles. The van der Waals surface area contributed by atoms with E-state index in [9.17, 15) is 14.7 Å². The molecule has 0 bridgehead atoms. The lowest BCUT2D eigenvalue weighted by Gasteiger charge is -2.36. The summed E-state index contributed by atoms with van der Waals surface area (Å²) >= 11 is 0. The molecular formula is C13H19NO5. The van der Waals surface area contributed by atoms with E-state index in [1.165, 1.54) is 18.3 Å². The highest BCUT2D eigenvalue weighted by atomic mass is 16.5. The molecule has 0 spiro atoms. The summed E-state index contributed by atoms with van der Waals surface area (Å²) < 4.78 is 9.61. The molecule has 1 N–H and O–H groups in total. The number of furan rings is 1. The first kappa shape index (κ1) is 15.2. The number of aliphatic hydroxyl groups is 1. The number of ether oxygens (including phenoxy) is 1. The summed E-state index contributed by atoms with van der Waals surface area (Å²) in [5.74, 6) is -0.606. The molecule has 0 radical (unpaired) electrons. The Morgan fingerprint density at radius 1 is 1.47 bits per heavy atom. The number of hydrogen-bond donors (Lipinski definition) is 1. The predicted molar refractivity (Wildman–Crippen MR) is 67.5 cm³/mol. The SMILES string of the molecule is COC(=O)CCN(C(=O)c1ccco1)C(C)(C)CO. The number of aliphatic hydroxyl groups excluding tert-OH is 1. The number of hydrogen-bond acceptors (Lipinski definition) is 5. The van der Waals surface area contributed by atoms with Crippen LogP contribution in [-0.2, 0) is 9.53 Å². The third-order valence-electron chi connectivity index (χ3n) is 2.86. The molecule has 1 aromatic heterocycles. The van der Waals surface area contributed by atoms with Crippen LogP contribution in [0.2, 0.25) is 0 Å². The van der Waals surface area contributed by atoms with Gasteiger partial charge in [-0.1, -0.05) is 0 Å². The van der Waals surface area contributed by atoms with Gasteiger partial charge < -0.3 is 19.2 Å². The van der Waals surface area contributed by atoms with Crippen LogP contribution >= 0.6 is 0 Å². The average molecular weight is 269 g/mol. The molecule has 1 amide bonds. The zero-order valence-electron chi connectivity index (χ0n) is 11.4. The van der Waals surface area contributed by atoms with E-state index < -0.39 is 11.5 Å². The van der Waals surface area contributed by atoms with E-state index in [1.807, 2.05) is 0 Å². The minimum absolute atomic E-state index is 0.0619. The first-order valence-electron chi connectivity index (χ1n) is 5.95. The summed E-state index contributed by atoms with van der Waals surface area (Å²) in [7, 11) is 1.29. The van der Waals surface area contributed by atoms with Gasteiger partial charge in [-0.2, -0.15) is 0 Å². The Morgan fingerprint density at radius 3 is 2.63 bits per heavy atom. The van der Waals surface area contributed by atoms with Gasteiger partial charge in [0.15, 0.2) is 5.76 Å². The monoisotopic (exact) mass is 269 g/mol. The molecule has 0 aromatic carbocycles. The van der Waals surface area contributed by atoms with Crippen molar-refractivity contribution in [3.63, 3.8) is 0 Å². The van der Waals surface area contributed by atoms with Gasteiger partial charge in [-0.3, -0.25) is 9.59 Å². The van der Waals surface area contributed by atoms with Crippen LogP contribution in [0.25, 0.3) is 0 Å². The van der Waals surface area contributed by atoms with Crippen molar-refractivity contribution in [1.29, 1.82) is 0 Å². The number of nitrogens with zero attached hydrogens (tertiary/aromatic N) is 1. The molecule has 1 rings (SSSR count). The molecule has 0 fully saturated rings. The molecule has 0 unspecified atom stereocenters. The van der Waals surface area contributed by atoms with Gasteiger partial charge >= 0.3 is 5.97 Å². The number of carbonyl (C=O) groups is 2. The molecule has 6 heteroatoms. The minimum atomic E-state index is -0.794. The molecule has 1 aromatic rings. The second-order valence-electron chi connectivity index (χ2n) is 4.73. The van der Waals surface area contributed by atoms with E-state index in [-0.39, 0.29) is 31.2 Å². The van der Waals surface area contributed by atoms with Crippen LogP contribution in [0.4, 0.5) is 0 Å². The summed E-state index contributed by atoms with van der Waals surface area (Å²) in [5.41, 5.74) is -0.794. The Hall–Kier alpha value is -1.82. The maximum atomic E-state index is 12.3. The van der Waals surface area contributed by atoms with Gasteiger partial charge in [-0.25, -0.2) is 0 Å². The first-order chi connectivity index (χ1) is 8.92. The van der Waals surface area contributed by atoms with Crippen LogP contribution in [-0.4, -0.2) is 47.7 Å². The van der Waals surface area contributed by atoms with Crippen molar-refractivity contribution in [3.8, 4) is 0 Å². The fourth-order valence-corrected chi connectivity index (χ4v) is 1.60. The molecule has 0 aliphatic carbocycles. The number of methoxy groups -OCH3 is 1. The maximum Gasteiger partial charge on any atom is 0.307 e. The number of rotatable bonds is 6. The van der Waals surface area contributed by atoms with E-state index in [1.54, 1.807) is 26.0 Å².